The Morgan fingerprint density at radius 1 is 1.29 bits per heavy atom. The molecule has 0 bridgehead atoms. The molecule has 132 valence electrons. The SMILES string of the molecule is CCOC(=O)N1CCC(OC(=O)CNC(=O)c2ccc(C)s2)CC1. The number of aryl methyl sites for hydroxylation is 1. The number of thiophene rings is 1. The van der Waals surface area contributed by atoms with Crippen LogP contribution in [0.2, 0.25) is 0 Å². The second kappa shape index (κ2) is 8.68. The Hall–Kier alpha value is -2.09. The third-order valence-electron chi connectivity index (χ3n) is 3.62. The lowest BCUT2D eigenvalue weighted by Crippen LogP contribution is -2.42. The molecule has 0 atom stereocenters. The van der Waals surface area contributed by atoms with Gasteiger partial charge in [0.2, 0.25) is 0 Å². The number of esters is 1. The minimum absolute atomic E-state index is 0.159. The van der Waals surface area contributed by atoms with Crippen LogP contribution in [-0.4, -0.2) is 55.2 Å². The van der Waals surface area contributed by atoms with Crippen molar-refractivity contribution in [3.8, 4) is 0 Å². The van der Waals surface area contributed by atoms with Crippen molar-refractivity contribution in [2.24, 2.45) is 0 Å². The lowest BCUT2D eigenvalue weighted by Gasteiger charge is -2.30. The molecule has 1 aliphatic rings. The molecule has 1 saturated heterocycles. The number of likely N-dealkylation sites (tertiary alicyclic amines) is 1. The van der Waals surface area contributed by atoms with Crippen LogP contribution in [0.4, 0.5) is 4.79 Å². The quantitative estimate of drug-likeness (QED) is 0.817. The summed E-state index contributed by atoms with van der Waals surface area (Å²) in [7, 11) is 0. The number of ether oxygens (including phenoxy) is 2. The number of nitrogens with one attached hydrogen (secondary N) is 1. The molecule has 0 spiro atoms. The van der Waals surface area contributed by atoms with E-state index in [1.54, 1.807) is 17.9 Å². The Labute approximate surface area is 144 Å². The van der Waals surface area contributed by atoms with Gasteiger partial charge in [-0.05, 0) is 26.0 Å². The summed E-state index contributed by atoms with van der Waals surface area (Å²) in [6.45, 7) is 4.86. The molecule has 1 aromatic rings. The van der Waals surface area contributed by atoms with Gasteiger partial charge in [-0.1, -0.05) is 0 Å². The molecule has 1 aliphatic heterocycles. The summed E-state index contributed by atoms with van der Waals surface area (Å²) in [5, 5.41) is 2.56. The fourth-order valence-electron chi connectivity index (χ4n) is 2.39. The lowest BCUT2D eigenvalue weighted by atomic mass is 10.1. The molecular formula is C16H22N2O5S. The normalized spacial score (nSPS) is 15.0. The first kappa shape index (κ1) is 18.3. The summed E-state index contributed by atoms with van der Waals surface area (Å²) in [5.74, 6) is -0.742. The van der Waals surface area contributed by atoms with Crippen LogP contribution >= 0.6 is 11.3 Å². The molecule has 8 heteroatoms. The number of carbonyl (C=O) groups excluding carboxylic acids is 3. The Morgan fingerprint density at radius 3 is 2.58 bits per heavy atom. The Balaban J connectivity index is 1.68. The van der Waals surface area contributed by atoms with Gasteiger partial charge in [-0.3, -0.25) is 9.59 Å². The molecule has 2 amide bonds. The van der Waals surface area contributed by atoms with E-state index in [1.165, 1.54) is 11.3 Å². The number of hydrogen-bond donors (Lipinski definition) is 1. The molecule has 0 saturated carbocycles. The van der Waals surface area contributed by atoms with E-state index in [1.807, 2.05) is 13.0 Å². The van der Waals surface area contributed by atoms with Crippen molar-refractivity contribution in [1.29, 1.82) is 0 Å². The predicted molar refractivity (Wildman–Crippen MR) is 89.1 cm³/mol. The van der Waals surface area contributed by atoms with Crippen molar-refractivity contribution < 1.29 is 23.9 Å². The zero-order chi connectivity index (χ0) is 17.5. The molecule has 0 unspecified atom stereocenters. The molecular weight excluding hydrogens is 332 g/mol. The van der Waals surface area contributed by atoms with Crippen LogP contribution in [0, 0.1) is 6.92 Å². The minimum atomic E-state index is -0.466. The second-order valence-corrected chi connectivity index (χ2v) is 6.76. The Morgan fingerprint density at radius 2 is 2.00 bits per heavy atom. The van der Waals surface area contributed by atoms with Crippen molar-refractivity contribution in [3.05, 3.63) is 21.9 Å². The first-order valence-electron chi connectivity index (χ1n) is 7.95. The number of carbonyl (C=O) groups is 3. The van der Waals surface area contributed by atoms with Crippen LogP contribution in [0.5, 0.6) is 0 Å². The number of amides is 2. The van der Waals surface area contributed by atoms with Crippen LogP contribution < -0.4 is 5.32 Å². The molecule has 0 radical (unpaired) electrons. The molecule has 0 aliphatic carbocycles. The van der Waals surface area contributed by atoms with E-state index in [2.05, 4.69) is 5.32 Å². The highest BCUT2D eigenvalue weighted by Gasteiger charge is 2.26. The van der Waals surface area contributed by atoms with Gasteiger partial charge in [0.25, 0.3) is 5.91 Å². The first-order valence-corrected chi connectivity index (χ1v) is 8.77. The summed E-state index contributed by atoms with van der Waals surface area (Å²) in [6.07, 6.45) is 0.579. The molecule has 1 fully saturated rings. The van der Waals surface area contributed by atoms with Crippen LogP contribution in [0.25, 0.3) is 0 Å². The maximum absolute atomic E-state index is 11.9. The van der Waals surface area contributed by atoms with E-state index in [0.717, 1.165) is 4.88 Å². The molecule has 1 aromatic heterocycles. The minimum Gasteiger partial charge on any atom is -0.461 e. The zero-order valence-corrected chi connectivity index (χ0v) is 14.7. The molecule has 2 rings (SSSR count). The fraction of sp³-hybridized carbons (Fsp3) is 0.562. The van der Waals surface area contributed by atoms with Crippen LogP contribution in [0.1, 0.15) is 34.3 Å². The Kier molecular flexibility index (Phi) is 6.60. The smallest absolute Gasteiger partial charge is 0.409 e. The van der Waals surface area contributed by atoms with Gasteiger partial charge >= 0.3 is 12.1 Å². The maximum Gasteiger partial charge on any atom is 0.409 e. The predicted octanol–water partition coefficient (Wildman–Crippen LogP) is 1.95. The lowest BCUT2D eigenvalue weighted by molar-refractivity contribution is -0.149. The van der Waals surface area contributed by atoms with Gasteiger partial charge in [0.05, 0.1) is 11.5 Å². The second-order valence-electron chi connectivity index (χ2n) is 5.47. The third-order valence-corrected chi connectivity index (χ3v) is 4.62. The van der Waals surface area contributed by atoms with Crippen LogP contribution in [-0.2, 0) is 14.3 Å². The van der Waals surface area contributed by atoms with Crippen molar-refractivity contribution in [2.75, 3.05) is 26.2 Å². The highest BCUT2D eigenvalue weighted by atomic mass is 32.1. The van der Waals surface area contributed by atoms with Crippen LogP contribution in [0.15, 0.2) is 12.1 Å². The van der Waals surface area contributed by atoms with E-state index in [0.29, 0.717) is 37.4 Å². The van der Waals surface area contributed by atoms with Crippen molar-refractivity contribution in [2.45, 2.75) is 32.8 Å². The zero-order valence-electron chi connectivity index (χ0n) is 13.9. The summed E-state index contributed by atoms with van der Waals surface area (Å²) in [6, 6.07) is 3.58. The first-order chi connectivity index (χ1) is 11.5. The summed E-state index contributed by atoms with van der Waals surface area (Å²) < 4.78 is 10.3. The van der Waals surface area contributed by atoms with E-state index >= 15 is 0 Å². The summed E-state index contributed by atoms with van der Waals surface area (Å²) >= 11 is 1.38. The largest absolute Gasteiger partial charge is 0.461 e. The van der Waals surface area contributed by atoms with Crippen molar-refractivity contribution >= 4 is 29.3 Å². The topological polar surface area (TPSA) is 84.9 Å². The van der Waals surface area contributed by atoms with Gasteiger partial charge in [-0.15, -0.1) is 11.3 Å². The number of hydrogen-bond acceptors (Lipinski definition) is 6. The highest BCUT2D eigenvalue weighted by Crippen LogP contribution is 2.16. The monoisotopic (exact) mass is 354 g/mol. The van der Waals surface area contributed by atoms with Gasteiger partial charge in [0.1, 0.15) is 12.6 Å². The van der Waals surface area contributed by atoms with Gasteiger partial charge < -0.3 is 19.7 Å². The molecule has 1 N–H and O–H groups in total. The Bertz CT molecular complexity index is 593. The maximum atomic E-state index is 11.9. The average molecular weight is 354 g/mol. The summed E-state index contributed by atoms with van der Waals surface area (Å²) in [4.78, 5) is 38.5. The van der Waals surface area contributed by atoms with Gasteiger partial charge in [-0.2, -0.15) is 0 Å². The van der Waals surface area contributed by atoms with Gasteiger partial charge in [0, 0.05) is 30.8 Å². The molecule has 24 heavy (non-hydrogen) atoms. The van der Waals surface area contributed by atoms with Crippen molar-refractivity contribution in [1.82, 2.24) is 10.2 Å². The average Bonchev–Trinajstić information content (AvgIpc) is 3.00. The van der Waals surface area contributed by atoms with Gasteiger partial charge in [0.15, 0.2) is 0 Å². The van der Waals surface area contributed by atoms with E-state index in [4.69, 9.17) is 9.47 Å². The standard InChI is InChI=1S/C16H22N2O5S/c1-3-22-16(21)18-8-6-12(7-9-18)23-14(19)10-17-15(20)13-5-4-11(2)24-13/h4-5,12H,3,6-10H2,1-2H3,(H,17,20). The fourth-order valence-corrected chi connectivity index (χ4v) is 3.18. The van der Waals surface area contributed by atoms with E-state index in [-0.39, 0.29) is 24.6 Å². The third kappa shape index (κ3) is 5.23. The molecule has 7 nitrogen and oxygen atoms in total. The van der Waals surface area contributed by atoms with E-state index in [9.17, 15) is 14.4 Å². The summed E-state index contributed by atoms with van der Waals surface area (Å²) in [5.41, 5.74) is 0. The molecule has 0 aromatic carbocycles. The van der Waals surface area contributed by atoms with Crippen molar-refractivity contribution in [3.63, 3.8) is 0 Å². The number of rotatable bonds is 5. The highest BCUT2D eigenvalue weighted by molar-refractivity contribution is 7.13. The number of piperidine rings is 1. The van der Waals surface area contributed by atoms with Gasteiger partial charge in [-0.25, -0.2) is 4.79 Å². The van der Waals surface area contributed by atoms with E-state index < -0.39 is 5.97 Å². The van der Waals surface area contributed by atoms with Crippen LogP contribution in [0.3, 0.4) is 0 Å². The number of nitrogens with zero attached hydrogens (tertiary/aromatic N) is 1. The molecule has 2 heterocycles.